The summed E-state index contributed by atoms with van der Waals surface area (Å²) in [6.45, 7) is 14.8. The maximum Gasteiger partial charge on any atom is 0.410 e. The van der Waals surface area contributed by atoms with Crippen molar-refractivity contribution in [1.82, 2.24) is 19.2 Å². The van der Waals surface area contributed by atoms with E-state index in [1.165, 1.54) is 28.5 Å². The third-order valence-electron chi connectivity index (χ3n) is 10.7. The summed E-state index contributed by atoms with van der Waals surface area (Å²) in [7, 11) is -4.01. The molecular formula is C28H44N4O6S. The Kier molecular flexibility index (Phi) is 6.50. The van der Waals surface area contributed by atoms with Crippen molar-refractivity contribution >= 4 is 28.1 Å². The van der Waals surface area contributed by atoms with Gasteiger partial charge in [0.2, 0.25) is 5.91 Å². The van der Waals surface area contributed by atoms with Crippen molar-refractivity contribution in [3.05, 3.63) is 12.7 Å². The predicted molar refractivity (Wildman–Crippen MR) is 146 cm³/mol. The Labute approximate surface area is 232 Å². The lowest BCUT2D eigenvalue weighted by Gasteiger charge is -2.72. The average molecular weight is 565 g/mol. The fourth-order valence-corrected chi connectivity index (χ4v) is 9.08. The predicted octanol–water partition coefficient (Wildman–Crippen LogP) is 3.10. The summed E-state index contributed by atoms with van der Waals surface area (Å²) in [6, 6.07) is -0.817. The molecule has 0 aromatic heterocycles. The van der Waals surface area contributed by atoms with E-state index in [1.54, 1.807) is 26.8 Å². The highest BCUT2D eigenvalue weighted by atomic mass is 32.2. The van der Waals surface area contributed by atoms with Crippen LogP contribution in [0.3, 0.4) is 0 Å². The first-order valence-corrected chi connectivity index (χ1v) is 15.7. The molecule has 2 spiro atoms. The molecule has 2 heterocycles. The summed E-state index contributed by atoms with van der Waals surface area (Å²) in [4.78, 5) is 42.2. The highest BCUT2D eigenvalue weighted by Crippen LogP contribution is 2.77. The zero-order valence-corrected chi connectivity index (χ0v) is 24.8. The summed E-state index contributed by atoms with van der Waals surface area (Å²) < 4.78 is 34.8. The molecule has 3 saturated carbocycles. The molecular weight excluding hydrogens is 520 g/mol. The highest BCUT2D eigenvalue weighted by Gasteiger charge is 2.73. The van der Waals surface area contributed by atoms with Gasteiger partial charge in [-0.1, -0.05) is 26.3 Å². The van der Waals surface area contributed by atoms with E-state index >= 15 is 0 Å². The van der Waals surface area contributed by atoms with Crippen molar-refractivity contribution in [2.24, 2.45) is 22.2 Å². The average Bonchev–Trinajstić information content (AvgIpc) is 3.16. The smallest absolute Gasteiger partial charge is 0.410 e. The van der Waals surface area contributed by atoms with Crippen molar-refractivity contribution in [3.8, 4) is 0 Å². The molecule has 0 unspecified atom stereocenters. The van der Waals surface area contributed by atoms with Crippen LogP contribution in [0.5, 0.6) is 0 Å². The van der Waals surface area contributed by atoms with Gasteiger partial charge in [0.15, 0.2) is 0 Å². The van der Waals surface area contributed by atoms with Gasteiger partial charge in [0, 0.05) is 25.6 Å². The Bertz CT molecular complexity index is 1180. The van der Waals surface area contributed by atoms with E-state index in [4.69, 9.17) is 4.74 Å². The first kappa shape index (κ1) is 28.4. The van der Waals surface area contributed by atoms with Crippen LogP contribution in [-0.4, -0.2) is 72.3 Å². The standard InChI is InChI=1S/C28H44N4O6S/c1-7-19-15-28(19,22(34)30-39(36,37)31-13-8-9-14-31)29-21(33)20-16-27(17-26(11-10-12-26)25(27,5)6)18-32(20)23(35)38-24(2,3)4/h7,19-20H,1,8-18H2,2-6H3,(H,29,33)(H,30,34)/t19-,20+,27-,28-/m1/s1. The molecule has 2 saturated heterocycles. The van der Waals surface area contributed by atoms with Crippen LogP contribution in [0.25, 0.3) is 0 Å². The van der Waals surface area contributed by atoms with Gasteiger partial charge in [-0.3, -0.25) is 14.5 Å². The van der Waals surface area contributed by atoms with Gasteiger partial charge in [-0.25, -0.2) is 9.52 Å². The van der Waals surface area contributed by atoms with Gasteiger partial charge in [0.1, 0.15) is 17.2 Å². The Morgan fingerprint density at radius 1 is 1.03 bits per heavy atom. The fourth-order valence-electron chi connectivity index (χ4n) is 7.80. The third-order valence-corrected chi connectivity index (χ3v) is 12.2. The Morgan fingerprint density at radius 3 is 2.15 bits per heavy atom. The molecule has 0 aromatic carbocycles. The maximum absolute atomic E-state index is 13.9. The van der Waals surface area contributed by atoms with Crippen molar-refractivity contribution < 1.29 is 27.5 Å². The first-order valence-electron chi connectivity index (χ1n) is 14.3. The molecule has 5 fully saturated rings. The van der Waals surface area contributed by atoms with E-state index in [0.717, 1.165) is 19.3 Å². The van der Waals surface area contributed by atoms with Gasteiger partial charge in [-0.2, -0.15) is 12.7 Å². The Morgan fingerprint density at radius 2 is 1.67 bits per heavy atom. The lowest BCUT2D eigenvalue weighted by Crippen LogP contribution is -2.66. The number of hydrogen-bond donors (Lipinski definition) is 2. The van der Waals surface area contributed by atoms with Crippen LogP contribution < -0.4 is 10.0 Å². The van der Waals surface area contributed by atoms with Crippen LogP contribution >= 0.6 is 0 Å². The van der Waals surface area contributed by atoms with Gasteiger partial charge in [0.25, 0.3) is 5.91 Å². The number of rotatable bonds is 6. The first-order chi connectivity index (χ1) is 18.0. The Balaban J connectivity index is 1.37. The van der Waals surface area contributed by atoms with Gasteiger partial charge in [-0.05, 0) is 82.0 Å². The molecule has 3 aliphatic carbocycles. The number of hydrogen-bond acceptors (Lipinski definition) is 6. The molecule has 5 aliphatic rings. The highest BCUT2D eigenvalue weighted by molar-refractivity contribution is 7.87. The number of ether oxygens (including phenoxy) is 1. The molecule has 4 atom stereocenters. The van der Waals surface area contributed by atoms with Gasteiger partial charge >= 0.3 is 16.3 Å². The van der Waals surface area contributed by atoms with Crippen LogP contribution in [0, 0.1) is 22.2 Å². The normalized spacial score (nSPS) is 34.7. The minimum atomic E-state index is -4.01. The van der Waals surface area contributed by atoms with Crippen LogP contribution in [0.1, 0.15) is 86.0 Å². The van der Waals surface area contributed by atoms with E-state index in [2.05, 4.69) is 30.5 Å². The van der Waals surface area contributed by atoms with Gasteiger partial charge in [-0.15, -0.1) is 6.58 Å². The second-order valence-electron chi connectivity index (χ2n) is 14.1. The van der Waals surface area contributed by atoms with Crippen LogP contribution in [0.2, 0.25) is 0 Å². The summed E-state index contributed by atoms with van der Waals surface area (Å²) in [5.74, 6) is -1.62. The zero-order chi connectivity index (χ0) is 28.6. The summed E-state index contributed by atoms with van der Waals surface area (Å²) >= 11 is 0. The molecule has 0 aromatic rings. The molecule has 39 heavy (non-hydrogen) atoms. The number of carbonyl (C=O) groups is 3. The second kappa shape index (κ2) is 8.93. The van der Waals surface area contributed by atoms with E-state index in [-0.39, 0.29) is 22.7 Å². The van der Waals surface area contributed by atoms with E-state index in [0.29, 0.717) is 26.1 Å². The molecule has 10 nitrogen and oxygen atoms in total. The molecule has 2 aliphatic heterocycles. The number of nitrogens with zero attached hydrogens (tertiary/aromatic N) is 2. The van der Waals surface area contributed by atoms with Crippen LogP contribution in [0.15, 0.2) is 12.7 Å². The number of amides is 3. The fraction of sp³-hybridized carbons (Fsp3) is 0.821. The second-order valence-corrected chi connectivity index (χ2v) is 15.8. The number of nitrogens with one attached hydrogen (secondary N) is 2. The summed E-state index contributed by atoms with van der Waals surface area (Å²) in [5, 5.41) is 2.88. The molecule has 0 radical (unpaired) electrons. The SMILES string of the molecule is C=C[C@@H]1C[C@]1(NC(=O)[C@@H]1C[C@]2(CN1C(=O)OC(C)(C)C)CC1(CCC1)C2(C)C)C(=O)NS(=O)(=O)N1CCCC1. The lowest BCUT2D eigenvalue weighted by atomic mass is 9.32. The van der Waals surface area contributed by atoms with Crippen molar-refractivity contribution in [2.45, 2.75) is 103 Å². The quantitative estimate of drug-likeness (QED) is 0.478. The molecule has 0 bridgehead atoms. The molecule has 218 valence electrons. The lowest BCUT2D eigenvalue weighted by molar-refractivity contribution is -0.231. The monoisotopic (exact) mass is 564 g/mol. The molecule has 5 rings (SSSR count). The van der Waals surface area contributed by atoms with Crippen molar-refractivity contribution in [1.29, 1.82) is 0 Å². The zero-order valence-electron chi connectivity index (χ0n) is 24.0. The van der Waals surface area contributed by atoms with Crippen molar-refractivity contribution in [2.75, 3.05) is 19.6 Å². The van der Waals surface area contributed by atoms with Crippen molar-refractivity contribution in [3.63, 3.8) is 0 Å². The maximum atomic E-state index is 13.9. The molecule has 3 amide bonds. The number of likely N-dealkylation sites (tertiary alicyclic amines) is 1. The van der Waals surface area contributed by atoms with E-state index in [1.807, 2.05) is 0 Å². The summed E-state index contributed by atoms with van der Waals surface area (Å²) in [6.07, 6.45) is 7.75. The van der Waals surface area contributed by atoms with Gasteiger partial charge < -0.3 is 10.1 Å². The summed E-state index contributed by atoms with van der Waals surface area (Å²) in [5.41, 5.74) is -2.15. The largest absolute Gasteiger partial charge is 0.444 e. The van der Waals surface area contributed by atoms with Crippen LogP contribution in [0.4, 0.5) is 4.79 Å². The molecule has 11 heteroatoms. The minimum absolute atomic E-state index is 0.0460. The van der Waals surface area contributed by atoms with Gasteiger partial charge in [0.05, 0.1) is 0 Å². The van der Waals surface area contributed by atoms with Crippen LogP contribution in [-0.2, 0) is 24.5 Å². The molecule has 2 N–H and O–H groups in total. The minimum Gasteiger partial charge on any atom is -0.444 e. The van der Waals surface area contributed by atoms with E-state index in [9.17, 15) is 22.8 Å². The topological polar surface area (TPSA) is 125 Å². The Hall–Kier alpha value is -2.14. The third kappa shape index (κ3) is 4.38. The number of carbonyl (C=O) groups excluding carboxylic acids is 3. The van der Waals surface area contributed by atoms with E-state index < -0.39 is 51.2 Å².